The summed E-state index contributed by atoms with van der Waals surface area (Å²) in [6.07, 6.45) is 0. The zero-order chi connectivity index (χ0) is 15.6. The lowest BCUT2D eigenvalue weighted by Crippen LogP contribution is -2.16. The van der Waals surface area contributed by atoms with Crippen molar-refractivity contribution < 1.29 is 8.42 Å². The second-order valence-electron chi connectivity index (χ2n) is 4.71. The fourth-order valence-electron chi connectivity index (χ4n) is 1.86. The molecule has 0 aliphatic rings. The molecule has 0 unspecified atom stereocenters. The molecule has 0 atom stereocenters. The number of nitrogen functional groups attached to an aromatic ring is 1. The van der Waals surface area contributed by atoms with Crippen molar-refractivity contribution in [2.45, 2.75) is 4.90 Å². The molecule has 0 spiro atoms. The van der Waals surface area contributed by atoms with Gasteiger partial charge in [0.15, 0.2) is 0 Å². The molecular weight excluding hydrogens is 310 g/mol. The molecular formula is C14H16ClN3O2S. The number of nitrogens with two attached hydrogens (primary N) is 1. The molecule has 0 fully saturated rings. The number of anilines is 3. The van der Waals surface area contributed by atoms with Crippen LogP contribution in [0.15, 0.2) is 47.4 Å². The molecule has 0 aromatic heterocycles. The molecule has 2 aromatic carbocycles. The van der Waals surface area contributed by atoms with E-state index in [0.717, 1.165) is 5.69 Å². The van der Waals surface area contributed by atoms with Crippen molar-refractivity contribution in [2.24, 2.45) is 0 Å². The minimum absolute atomic E-state index is 0.0891. The Morgan fingerprint density at radius 1 is 1.14 bits per heavy atom. The third-order valence-electron chi connectivity index (χ3n) is 2.88. The predicted octanol–water partition coefficient (Wildman–Crippen LogP) is 2.79. The van der Waals surface area contributed by atoms with Gasteiger partial charge in [-0.2, -0.15) is 0 Å². The number of benzene rings is 2. The summed E-state index contributed by atoms with van der Waals surface area (Å²) in [4.78, 5) is 1.77. The summed E-state index contributed by atoms with van der Waals surface area (Å²) in [6.45, 7) is 0. The van der Waals surface area contributed by atoms with E-state index in [1.54, 1.807) is 24.3 Å². The van der Waals surface area contributed by atoms with E-state index < -0.39 is 10.0 Å². The lowest BCUT2D eigenvalue weighted by Gasteiger charge is -2.15. The van der Waals surface area contributed by atoms with Crippen molar-refractivity contribution in [3.05, 3.63) is 47.5 Å². The largest absolute Gasteiger partial charge is 0.398 e. The standard InChI is InChI=1S/C14H16ClN3O2S/c1-18(2)11-6-3-5-10(9-11)17-21(19,20)14-12(15)7-4-8-13(14)16/h3-9,17H,16H2,1-2H3. The van der Waals surface area contributed by atoms with Gasteiger partial charge in [-0.25, -0.2) is 8.42 Å². The topological polar surface area (TPSA) is 75.4 Å². The van der Waals surface area contributed by atoms with Crippen LogP contribution in [-0.2, 0) is 10.0 Å². The summed E-state index contributed by atoms with van der Waals surface area (Å²) in [5.74, 6) is 0. The molecule has 0 saturated carbocycles. The van der Waals surface area contributed by atoms with Crippen molar-refractivity contribution in [2.75, 3.05) is 29.5 Å². The SMILES string of the molecule is CN(C)c1cccc(NS(=O)(=O)c2c(N)cccc2Cl)c1. The summed E-state index contributed by atoms with van der Waals surface area (Å²) in [6, 6.07) is 11.6. The number of hydrogen-bond donors (Lipinski definition) is 2. The number of sulfonamides is 1. The molecule has 2 rings (SSSR count). The van der Waals surface area contributed by atoms with Crippen LogP contribution >= 0.6 is 11.6 Å². The number of nitrogens with one attached hydrogen (secondary N) is 1. The van der Waals surface area contributed by atoms with Crippen LogP contribution in [0.5, 0.6) is 0 Å². The zero-order valence-electron chi connectivity index (χ0n) is 11.7. The van der Waals surface area contributed by atoms with Crippen LogP contribution in [0.25, 0.3) is 0 Å². The lowest BCUT2D eigenvalue weighted by atomic mass is 10.3. The highest BCUT2D eigenvalue weighted by Gasteiger charge is 2.21. The van der Waals surface area contributed by atoms with Gasteiger partial charge in [0.1, 0.15) is 4.90 Å². The van der Waals surface area contributed by atoms with E-state index in [4.69, 9.17) is 17.3 Å². The van der Waals surface area contributed by atoms with Gasteiger partial charge in [0.05, 0.1) is 16.4 Å². The van der Waals surface area contributed by atoms with E-state index in [1.807, 2.05) is 25.1 Å². The molecule has 5 nitrogen and oxygen atoms in total. The van der Waals surface area contributed by atoms with E-state index in [2.05, 4.69) is 4.72 Å². The van der Waals surface area contributed by atoms with E-state index in [0.29, 0.717) is 5.69 Å². The van der Waals surface area contributed by atoms with Crippen LogP contribution < -0.4 is 15.4 Å². The summed E-state index contributed by atoms with van der Waals surface area (Å²) in [7, 11) is -0.0933. The summed E-state index contributed by atoms with van der Waals surface area (Å²) < 4.78 is 27.4. The fourth-order valence-corrected chi connectivity index (χ4v) is 3.59. The number of hydrogen-bond acceptors (Lipinski definition) is 4. The first kappa shape index (κ1) is 15.5. The van der Waals surface area contributed by atoms with Gasteiger partial charge in [-0.3, -0.25) is 4.72 Å². The molecule has 0 radical (unpaired) electrons. The van der Waals surface area contributed by atoms with Crippen molar-refractivity contribution in [1.29, 1.82) is 0 Å². The molecule has 0 amide bonds. The van der Waals surface area contributed by atoms with Crippen molar-refractivity contribution in [1.82, 2.24) is 0 Å². The quantitative estimate of drug-likeness (QED) is 0.848. The van der Waals surface area contributed by atoms with E-state index >= 15 is 0 Å². The molecule has 0 aliphatic carbocycles. The first-order valence-electron chi connectivity index (χ1n) is 6.15. The van der Waals surface area contributed by atoms with Gasteiger partial charge in [0.25, 0.3) is 10.0 Å². The fraction of sp³-hybridized carbons (Fsp3) is 0.143. The van der Waals surface area contributed by atoms with Gasteiger partial charge >= 0.3 is 0 Å². The van der Waals surface area contributed by atoms with Crippen LogP contribution in [-0.4, -0.2) is 22.5 Å². The van der Waals surface area contributed by atoms with Crippen LogP contribution in [0, 0.1) is 0 Å². The smallest absolute Gasteiger partial charge is 0.265 e. The Morgan fingerprint density at radius 2 is 1.81 bits per heavy atom. The average Bonchev–Trinajstić information content (AvgIpc) is 2.37. The van der Waals surface area contributed by atoms with E-state index in [1.165, 1.54) is 12.1 Å². The Balaban J connectivity index is 2.40. The first-order chi connectivity index (χ1) is 9.81. The molecule has 7 heteroatoms. The number of rotatable bonds is 4. The zero-order valence-corrected chi connectivity index (χ0v) is 13.2. The van der Waals surface area contributed by atoms with Gasteiger partial charge < -0.3 is 10.6 Å². The highest BCUT2D eigenvalue weighted by atomic mass is 35.5. The monoisotopic (exact) mass is 325 g/mol. The maximum Gasteiger partial charge on any atom is 0.265 e. The predicted molar refractivity (Wildman–Crippen MR) is 87.4 cm³/mol. The Labute approximate surface area is 129 Å². The molecule has 2 aromatic rings. The second-order valence-corrected chi connectivity index (χ2v) is 6.73. The first-order valence-corrected chi connectivity index (χ1v) is 8.01. The lowest BCUT2D eigenvalue weighted by molar-refractivity contribution is 0.601. The highest BCUT2D eigenvalue weighted by Crippen LogP contribution is 2.29. The molecule has 21 heavy (non-hydrogen) atoms. The normalized spacial score (nSPS) is 11.2. The molecule has 112 valence electrons. The van der Waals surface area contributed by atoms with Gasteiger partial charge in [-0.15, -0.1) is 0 Å². The second kappa shape index (κ2) is 5.83. The third-order valence-corrected chi connectivity index (χ3v) is 4.81. The van der Waals surface area contributed by atoms with Crippen LogP contribution in [0.4, 0.5) is 17.1 Å². The Hall–Kier alpha value is -1.92. The Kier molecular flexibility index (Phi) is 4.29. The van der Waals surface area contributed by atoms with Gasteiger partial charge in [-0.1, -0.05) is 23.7 Å². The summed E-state index contributed by atoms with van der Waals surface area (Å²) in [5, 5.41) is 0.0891. The molecule has 0 heterocycles. The maximum atomic E-state index is 12.4. The van der Waals surface area contributed by atoms with Crippen LogP contribution in [0.2, 0.25) is 5.02 Å². The van der Waals surface area contributed by atoms with Crippen molar-refractivity contribution in [3.63, 3.8) is 0 Å². The van der Waals surface area contributed by atoms with Crippen molar-refractivity contribution in [3.8, 4) is 0 Å². The molecule has 0 bridgehead atoms. The Morgan fingerprint density at radius 3 is 2.43 bits per heavy atom. The number of halogens is 1. The third kappa shape index (κ3) is 3.40. The molecule has 0 saturated heterocycles. The summed E-state index contributed by atoms with van der Waals surface area (Å²) in [5.41, 5.74) is 7.16. The van der Waals surface area contributed by atoms with E-state index in [9.17, 15) is 8.42 Å². The highest BCUT2D eigenvalue weighted by molar-refractivity contribution is 7.93. The minimum atomic E-state index is -3.84. The van der Waals surface area contributed by atoms with Gasteiger partial charge in [0, 0.05) is 19.8 Å². The molecule has 3 N–H and O–H groups in total. The maximum absolute atomic E-state index is 12.4. The van der Waals surface area contributed by atoms with Gasteiger partial charge in [0.2, 0.25) is 0 Å². The Bertz CT molecular complexity index is 740. The van der Waals surface area contributed by atoms with Crippen molar-refractivity contribution >= 4 is 38.7 Å². The van der Waals surface area contributed by atoms with Crippen LogP contribution in [0.1, 0.15) is 0 Å². The van der Waals surface area contributed by atoms with Crippen LogP contribution in [0.3, 0.4) is 0 Å². The average molecular weight is 326 g/mol. The summed E-state index contributed by atoms with van der Waals surface area (Å²) >= 11 is 5.95. The minimum Gasteiger partial charge on any atom is -0.398 e. The molecule has 0 aliphatic heterocycles. The number of nitrogens with zero attached hydrogens (tertiary/aromatic N) is 1. The van der Waals surface area contributed by atoms with Gasteiger partial charge in [-0.05, 0) is 30.3 Å². The van der Waals surface area contributed by atoms with E-state index in [-0.39, 0.29) is 15.6 Å².